The molecule has 1 aromatic heterocycles. The summed E-state index contributed by atoms with van der Waals surface area (Å²) < 4.78 is 10.9. The number of thiophene rings is 1. The molecule has 4 rings (SSSR count). The summed E-state index contributed by atoms with van der Waals surface area (Å²) in [6.07, 6.45) is 0. The van der Waals surface area contributed by atoms with Gasteiger partial charge in [0.05, 0.1) is 31.9 Å². The van der Waals surface area contributed by atoms with E-state index < -0.39 is 5.92 Å². The Labute approximate surface area is 204 Å². The minimum absolute atomic E-state index is 0.0311. The number of amides is 2. The molecule has 2 atom stereocenters. The van der Waals surface area contributed by atoms with E-state index in [0.29, 0.717) is 29.3 Å². The van der Waals surface area contributed by atoms with Crippen LogP contribution in [0.5, 0.6) is 11.5 Å². The van der Waals surface area contributed by atoms with Crippen LogP contribution >= 0.6 is 11.3 Å². The number of anilines is 1. The third-order valence-corrected chi connectivity index (χ3v) is 7.12. The number of hydrogen-bond donors (Lipinski definition) is 0. The molecular formula is C27H30N2O4S. The van der Waals surface area contributed by atoms with Gasteiger partial charge in [0.1, 0.15) is 11.5 Å². The van der Waals surface area contributed by atoms with Crippen LogP contribution < -0.4 is 14.4 Å². The summed E-state index contributed by atoms with van der Waals surface area (Å²) in [7, 11) is 4.92. The molecule has 0 saturated heterocycles. The van der Waals surface area contributed by atoms with Crippen molar-refractivity contribution in [1.82, 2.24) is 4.90 Å². The van der Waals surface area contributed by atoms with Gasteiger partial charge in [0.25, 0.3) is 5.91 Å². The van der Waals surface area contributed by atoms with Crippen LogP contribution in [0.15, 0.2) is 60.0 Å². The second-order valence-corrected chi connectivity index (χ2v) is 9.79. The van der Waals surface area contributed by atoms with Crippen molar-refractivity contribution in [2.24, 2.45) is 5.92 Å². The van der Waals surface area contributed by atoms with Gasteiger partial charge >= 0.3 is 0 Å². The lowest BCUT2D eigenvalue weighted by Crippen LogP contribution is -2.48. The van der Waals surface area contributed by atoms with Crippen molar-refractivity contribution in [2.75, 3.05) is 32.7 Å². The highest BCUT2D eigenvalue weighted by molar-refractivity contribution is 7.10. The fraction of sp³-hybridized carbons (Fsp3) is 0.333. The second kappa shape index (κ2) is 9.89. The summed E-state index contributed by atoms with van der Waals surface area (Å²) >= 11 is 1.57. The third kappa shape index (κ3) is 4.28. The standard InChI is InChI=1S/C27H30N2O4S/c1-17(2)16-29-25(23-11-8-14-34-23)24(19-9-6-7-10-20(19)26(29)30)27(31)28(3)21-13-12-18(32-4)15-22(21)33-5/h6-15,17,24-25H,16H2,1-5H3. The average molecular weight is 479 g/mol. The summed E-state index contributed by atoms with van der Waals surface area (Å²) in [5.74, 6) is 0.763. The third-order valence-electron chi connectivity index (χ3n) is 6.18. The van der Waals surface area contributed by atoms with Crippen LogP contribution in [0.2, 0.25) is 0 Å². The number of ether oxygens (including phenoxy) is 2. The summed E-state index contributed by atoms with van der Waals surface area (Å²) in [5.41, 5.74) is 1.99. The van der Waals surface area contributed by atoms with Crippen molar-refractivity contribution in [2.45, 2.75) is 25.8 Å². The number of benzene rings is 2. The Morgan fingerprint density at radius 3 is 2.50 bits per heavy atom. The SMILES string of the molecule is COc1ccc(N(C)C(=O)C2c3ccccc3C(=O)N(CC(C)C)C2c2cccs2)c(OC)c1. The Balaban J connectivity index is 1.85. The van der Waals surface area contributed by atoms with Gasteiger partial charge in [0.15, 0.2) is 0 Å². The lowest BCUT2D eigenvalue weighted by Gasteiger charge is -2.43. The molecule has 2 heterocycles. The maximum atomic E-state index is 14.2. The molecule has 0 fully saturated rings. The lowest BCUT2D eigenvalue weighted by molar-refractivity contribution is -0.121. The number of methoxy groups -OCH3 is 2. The molecule has 0 N–H and O–H groups in total. The Kier molecular flexibility index (Phi) is 6.93. The highest BCUT2D eigenvalue weighted by Gasteiger charge is 2.45. The Bertz CT molecular complexity index is 1180. The maximum absolute atomic E-state index is 14.2. The number of carbonyl (C=O) groups is 2. The van der Waals surface area contributed by atoms with Gasteiger partial charge in [-0.25, -0.2) is 0 Å². The normalized spacial score (nSPS) is 17.5. The molecular weight excluding hydrogens is 448 g/mol. The second-order valence-electron chi connectivity index (χ2n) is 8.81. The van der Waals surface area contributed by atoms with Crippen molar-refractivity contribution in [3.63, 3.8) is 0 Å². The van der Waals surface area contributed by atoms with Crippen LogP contribution in [-0.2, 0) is 4.79 Å². The average Bonchev–Trinajstić information content (AvgIpc) is 3.38. The van der Waals surface area contributed by atoms with Gasteiger partial charge in [-0.05, 0) is 41.1 Å². The van der Waals surface area contributed by atoms with E-state index >= 15 is 0 Å². The van der Waals surface area contributed by atoms with Crippen LogP contribution in [0.25, 0.3) is 0 Å². The van der Waals surface area contributed by atoms with Gasteiger partial charge in [-0.1, -0.05) is 38.1 Å². The zero-order valence-electron chi connectivity index (χ0n) is 20.1. The summed E-state index contributed by atoms with van der Waals surface area (Å²) in [6, 6.07) is 16.5. The van der Waals surface area contributed by atoms with E-state index in [0.717, 1.165) is 10.4 Å². The van der Waals surface area contributed by atoms with Crippen LogP contribution in [0.4, 0.5) is 5.69 Å². The molecule has 3 aromatic rings. The van der Waals surface area contributed by atoms with Crippen molar-refractivity contribution in [1.29, 1.82) is 0 Å². The van der Waals surface area contributed by atoms with Gasteiger partial charge in [-0.3, -0.25) is 9.59 Å². The molecule has 0 radical (unpaired) electrons. The van der Waals surface area contributed by atoms with E-state index in [-0.39, 0.29) is 23.8 Å². The van der Waals surface area contributed by atoms with E-state index in [4.69, 9.17) is 9.47 Å². The number of carbonyl (C=O) groups excluding carboxylic acids is 2. The zero-order valence-corrected chi connectivity index (χ0v) is 21.0. The Morgan fingerprint density at radius 1 is 1.09 bits per heavy atom. The van der Waals surface area contributed by atoms with Gasteiger partial charge < -0.3 is 19.3 Å². The molecule has 7 heteroatoms. The molecule has 6 nitrogen and oxygen atoms in total. The van der Waals surface area contributed by atoms with Gasteiger partial charge in [-0.15, -0.1) is 11.3 Å². The fourth-order valence-corrected chi connectivity index (χ4v) is 5.49. The van der Waals surface area contributed by atoms with Gasteiger partial charge in [0, 0.05) is 30.1 Å². The molecule has 0 bridgehead atoms. The van der Waals surface area contributed by atoms with Crippen LogP contribution in [0.3, 0.4) is 0 Å². The Hall–Kier alpha value is -3.32. The van der Waals surface area contributed by atoms with E-state index in [1.165, 1.54) is 0 Å². The number of nitrogens with zero attached hydrogens (tertiary/aromatic N) is 2. The number of rotatable bonds is 7. The van der Waals surface area contributed by atoms with Crippen molar-refractivity contribution in [3.8, 4) is 11.5 Å². The van der Waals surface area contributed by atoms with E-state index in [1.54, 1.807) is 43.6 Å². The lowest BCUT2D eigenvalue weighted by atomic mass is 9.80. The van der Waals surface area contributed by atoms with Crippen LogP contribution in [-0.4, -0.2) is 44.5 Å². The number of likely N-dealkylation sites (N-methyl/N-ethyl adjacent to an activating group) is 1. The van der Waals surface area contributed by atoms with E-state index in [1.807, 2.05) is 58.8 Å². The van der Waals surface area contributed by atoms with Gasteiger partial charge in [0.2, 0.25) is 5.91 Å². The van der Waals surface area contributed by atoms with Gasteiger partial charge in [-0.2, -0.15) is 0 Å². The number of hydrogen-bond acceptors (Lipinski definition) is 5. The molecule has 1 aliphatic heterocycles. The Morgan fingerprint density at radius 2 is 1.85 bits per heavy atom. The van der Waals surface area contributed by atoms with Crippen LogP contribution in [0, 0.1) is 5.92 Å². The maximum Gasteiger partial charge on any atom is 0.254 e. The first-order chi connectivity index (χ1) is 16.4. The molecule has 34 heavy (non-hydrogen) atoms. The molecule has 0 saturated carbocycles. The van der Waals surface area contributed by atoms with E-state index in [2.05, 4.69) is 13.8 Å². The molecule has 1 aliphatic rings. The number of fused-ring (bicyclic) bond motifs is 1. The quantitative estimate of drug-likeness (QED) is 0.458. The molecule has 0 aliphatic carbocycles. The largest absolute Gasteiger partial charge is 0.497 e. The van der Waals surface area contributed by atoms with E-state index in [9.17, 15) is 9.59 Å². The molecule has 178 valence electrons. The van der Waals surface area contributed by atoms with Crippen molar-refractivity contribution < 1.29 is 19.1 Å². The summed E-state index contributed by atoms with van der Waals surface area (Å²) in [4.78, 5) is 32.3. The molecule has 2 aromatic carbocycles. The minimum Gasteiger partial charge on any atom is -0.497 e. The predicted octanol–water partition coefficient (Wildman–Crippen LogP) is 5.37. The molecule has 2 unspecified atom stereocenters. The predicted molar refractivity (Wildman–Crippen MR) is 135 cm³/mol. The van der Waals surface area contributed by atoms with Crippen LogP contribution in [0.1, 0.15) is 46.6 Å². The first-order valence-electron chi connectivity index (χ1n) is 11.3. The highest BCUT2D eigenvalue weighted by atomic mass is 32.1. The van der Waals surface area contributed by atoms with Crippen molar-refractivity contribution >= 4 is 28.8 Å². The summed E-state index contributed by atoms with van der Waals surface area (Å²) in [6.45, 7) is 4.74. The zero-order chi connectivity index (χ0) is 24.4. The fourth-order valence-electron chi connectivity index (χ4n) is 4.62. The first-order valence-corrected chi connectivity index (χ1v) is 12.2. The first kappa shape index (κ1) is 23.8. The minimum atomic E-state index is -0.553. The van der Waals surface area contributed by atoms with Crippen molar-refractivity contribution in [3.05, 3.63) is 76.0 Å². The smallest absolute Gasteiger partial charge is 0.254 e. The molecule has 0 spiro atoms. The monoisotopic (exact) mass is 478 g/mol. The summed E-state index contributed by atoms with van der Waals surface area (Å²) in [5, 5.41) is 1.99. The molecule has 2 amide bonds. The topological polar surface area (TPSA) is 59.1 Å². The highest BCUT2D eigenvalue weighted by Crippen LogP contribution is 2.46.